The highest BCUT2D eigenvalue weighted by molar-refractivity contribution is 5.92. The first-order chi connectivity index (χ1) is 20.2. The molecule has 3 aromatic rings. The lowest BCUT2D eigenvalue weighted by Gasteiger charge is -2.16. The van der Waals surface area contributed by atoms with Crippen molar-refractivity contribution in [2.24, 2.45) is 0 Å². The van der Waals surface area contributed by atoms with Crippen molar-refractivity contribution in [2.75, 3.05) is 45.9 Å². The topological polar surface area (TPSA) is 137 Å². The summed E-state index contributed by atoms with van der Waals surface area (Å²) >= 11 is 0. The van der Waals surface area contributed by atoms with E-state index in [1.54, 1.807) is 50.5 Å². The number of halogens is 2. The lowest BCUT2D eigenvalue weighted by atomic mass is 10.0. The fraction of sp³-hybridized carbons (Fsp3) is 0.219. The Hall–Kier alpha value is -5.03. The Labute approximate surface area is 269 Å². The minimum atomic E-state index is -0.601. The number of methoxy groups -OCH3 is 1. The lowest BCUT2D eigenvalue weighted by molar-refractivity contribution is 0.0600. The number of esters is 1. The standard InChI is InChI=1S/C32H32N4O6.2ClH/c1-35(21-24-8-4-12-27(33)18-24)31(38)41-16-6-10-23-14-15-26(29(20-23)30(37)40-3)11-7-17-42-32(39)36(2)22-25-9-5-13-28(34)19-25;;/h4-5,8-9,12-15,18-20H,16-17,21-22,33-34H2,1-3H3;2*1H. The average molecular weight is 642 g/mol. The molecule has 0 aromatic heterocycles. The predicted octanol–water partition coefficient (Wildman–Crippen LogP) is 4.72. The van der Waals surface area contributed by atoms with Crippen molar-refractivity contribution < 1.29 is 28.6 Å². The van der Waals surface area contributed by atoms with Crippen LogP contribution in [0.1, 0.15) is 32.6 Å². The summed E-state index contributed by atoms with van der Waals surface area (Å²) in [5, 5.41) is 0. The predicted molar refractivity (Wildman–Crippen MR) is 173 cm³/mol. The van der Waals surface area contributed by atoms with Gasteiger partial charge in [-0.2, -0.15) is 0 Å². The largest absolute Gasteiger partial charge is 0.465 e. The number of nitrogens with zero attached hydrogens (tertiary/aromatic N) is 2. The minimum Gasteiger partial charge on any atom is -0.465 e. The van der Waals surface area contributed by atoms with E-state index in [1.807, 2.05) is 24.3 Å². The number of amides is 2. The van der Waals surface area contributed by atoms with Crippen LogP contribution in [0.25, 0.3) is 0 Å². The summed E-state index contributed by atoms with van der Waals surface area (Å²) in [6.07, 6.45) is -1.09. The molecule has 0 atom stereocenters. The molecule has 4 N–H and O–H groups in total. The van der Waals surface area contributed by atoms with E-state index in [2.05, 4.69) is 23.7 Å². The molecule has 0 heterocycles. The van der Waals surface area contributed by atoms with Gasteiger partial charge in [-0.3, -0.25) is 0 Å². The van der Waals surface area contributed by atoms with E-state index in [9.17, 15) is 14.4 Å². The normalized spacial score (nSPS) is 9.34. The number of anilines is 2. The highest BCUT2D eigenvalue weighted by Gasteiger charge is 2.13. The quantitative estimate of drug-likeness (QED) is 0.164. The zero-order valence-electron chi connectivity index (χ0n) is 24.5. The molecule has 0 aliphatic rings. The van der Waals surface area contributed by atoms with Gasteiger partial charge < -0.3 is 35.5 Å². The second-order valence-corrected chi connectivity index (χ2v) is 9.17. The Bertz CT molecular complexity index is 1580. The van der Waals surface area contributed by atoms with E-state index in [4.69, 9.17) is 25.7 Å². The van der Waals surface area contributed by atoms with Crippen LogP contribution in [-0.2, 0) is 27.3 Å². The van der Waals surface area contributed by atoms with Crippen LogP contribution in [-0.4, -0.2) is 62.4 Å². The molecule has 0 spiro atoms. The van der Waals surface area contributed by atoms with Crippen LogP contribution in [0.15, 0.2) is 66.7 Å². The van der Waals surface area contributed by atoms with Crippen molar-refractivity contribution in [3.8, 4) is 23.7 Å². The Kier molecular flexibility index (Phi) is 15.6. The highest BCUT2D eigenvalue weighted by Crippen LogP contribution is 2.13. The summed E-state index contributed by atoms with van der Waals surface area (Å²) in [4.78, 5) is 39.7. The number of rotatable bonds is 7. The number of ether oxygens (including phenoxy) is 3. The molecule has 10 nitrogen and oxygen atoms in total. The molecule has 0 bridgehead atoms. The van der Waals surface area contributed by atoms with Crippen LogP contribution < -0.4 is 11.5 Å². The third kappa shape index (κ3) is 11.7. The van der Waals surface area contributed by atoms with Crippen LogP contribution in [0.2, 0.25) is 0 Å². The van der Waals surface area contributed by atoms with Gasteiger partial charge in [-0.25, -0.2) is 14.4 Å². The summed E-state index contributed by atoms with van der Waals surface area (Å²) in [5.41, 5.74) is 15.6. The van der Waals surface area contributed by atoms with Gasteiger partial charge in [0.1, 0.15) is 0 Å². The SMILES string of the molecule is COC(=O)c1cc(C#CCOC(=O)N(C)Cc2cccc(N)c2)ccc1C#CCOC(=O)N(C)Cc1cccc(N)c1.Cl.Cl. The summed E-state index contributed by atoms with van der Waals surface area (Å²) in [6.45, 7) is 0.333. The van der Waals surface area contributed by atoms with Gasteiger partial charge in [-0.1, -0.05) is 47.9 Å². The number of carbonyl (C=O) groups is 3. The third-order valence-corrected chi connectivity index (χ3v) is 5.78. The first kappa shape index (κ1) is 37.0. The monoisotopic (exact) mass is 640 g/mol. The van der Waals surface area contributed by atoms with Gasteiger partial charge in [0.25, 0.3) is 0 Å². The minimum absolute atomic E-state index is 0. The molecule has 0 fully saturated rings. The Balaban J connectivity index is 0.00000484. The first-order valence-electron chi connectivity index (χ1n) is 12.8. The van der Waals surface area contributed by atoms with Gasteiger partial charge >= 0.3 is 18.2 Å². The number of hydrogen-bond donors (Lipinski definition) is 2. The van der Waals surface area contributed by atoms with Crippen molar-refractivity contribution in [3.05, 3.63) is 94.5 Å². The van der Waals surface area contributed by atoms with Crippen LogP contribution in [0.5, 0.6) is 0 Å². The van der Waals surface area contributed by atoms with Crippen molar-refractivity contribution in [2.45, 2.75) is 13.1 Å². The molecule has 2 amide bonds. The summed E-state index contributed by atoms with van der Waals surface area (Å²) < 4.78 is 15.3. The van der Waals surface area contributed by atoms with Crippen molar-refractivity contribution in [1.29, 1.82) is 0 Å². The van der Waals surface area contributed by atoms with Gasteiger partial charge in [0.2, 0.25) is 0 Å². The molecule has 3 aromatic carbocycles. The van der Waals surface area contributed by atoms with Crippen LogP contribution in [0.3, 0.4) is 0 Å². The Morgan fingerprint density at radius 2 is 1.23 bits per heavy atom. The Morgan fingerprint density at radius 1 is 0.727 bits per heavy atom. The number of nitrogens with two attached hydrogens (primary N) is 2. The zero-order chi connectivity index (χ0) is 30.5. The molecule has 0 aliphatic carbocycles. The van der Waals surface area contributed by atoms with E-state index in [-0.39, 0.29) is 43.6 Å². The number of nitrogen functional groups attached to an aromatic ring is 2. The molecule has 12 heteroatoms. The van der Waals surface area contributed by atoms with E-state index in [0.717, 1.165) is 11.1 Å². The van der Waals surface area contributed by atoms with Gasteiger partial charge in [0.15, 0.2) is 13.2 Å². The summed E-state index contributed by atoms with van der Waals surface area (Å²) in [7, 11) is 4.48. The molecule has 232 valence electrons. The maximum Gasteiger partial charge on any atom is 0.410 e. The van der Waals surface area contributed by atoms with Gasteiger partial charge in [-0.05, 0) is 53.6 Å². The van der Waals surface area contributed by atoms with Crippen LogP contribution in [0, 0.1) is 23.7 Å². The van der Waals surface area contributed by atoms with Crippen molar-refractivity contribution in [3.63, 3.8) is 0 Å². The maximum atomic E-state index is 12.4. The second-order valence-electron chi connectivity index (χ2n) is 9.17. The number of benzene rings is 3. The van der Waals surface area contributed by atoms with Crippen LogP contribution in [0.4, 0.5) is 21.0 Å². The van der Waals surface area contributed by atoms with E-state index < -0.39 is 18.2 Å². The Morgan fingerprint density at radius 3 is 1.70 bits per heavy atom. The molecule has 3 rings (SSSR count). The molecular weight excluding hydrogens is 607 g/mol. The molecule has 0 aliphatic heterocycles. The molecule has 44 heavy (non-hydrogen) atoms. The van der Waals surface area contributed by atoms with E-state index in [1.165, 1.54) is 23.0 Å². The number of hydrogen-bond acceptors (Lipinski definition) is 8. The average Bonchev–Trinajstić information content (AvgIpc) is 2.97. The number of carbonyl (C=O) groups excluding carboxylic acids is 3. The maximum absolute atomic E-state index is 12.4. The smallest absolute Gasteiger partial charge is 0.410 e. The third-order valence-electron chi connectivity index (χ3n) is 5.78. The van der Waals surface area contributed by atoms with Crippen LogP contribution >= 0.6 is 24.8 Å². The highest BCUT2D eigenvalue weighted by atomic mass is 35.5. The molecule has 0 saturated heterocycles. The molecule has 0 radical (unpaired) electrons. The summed E-state index contributed by atoms with van der Waals surface area (Å²) in [5.74, 6) is 10.6. The van der Waals surface area contributed by atoms with Crippen molar-refractivity contribution >= 4 is 54.3 Å². The van der Waals surface area contributed by atoms with Gasteiger partial charge in [-0.15, -0.1) is 24.8 Å². The molecule has 0 saturated carbocycles. The zero-order valence-corrected chi connectivity index (χ0v) is 26.1. The van der Waals surface area contributed by atoms with Gasteiger partial charge in [0.05, 0.1) is 12.7 Å². The first-order valence-corrected chi connectivity index (χ1v) is 12.8. The van der Waals surface area contributed by atoms with Gasteiger partial charge in [0, 0.05) is 49.7 Å². The second kappa shape index (κ2) is 18.5. The van der Waals surface area contributed by atoms with E-state index >= 15 is 0 Å². The van der Waals surface area contributed by atoms with E-state index in [0.29, 0.717) is 35.6 Å². The summed E-state index contributed by atoms with van der Waals surface area (Å²) in [6, 6.07) is 19.3. The van der Waals surface area contributed by atoms with Crippen molar-refractivity contribution in [1.82, 2.24) is 9.80 Å². The fourth-order valence-electron chi connectivity index (χ4n) is 3.76. The lowest BCUT2D eigenvalue weighted by Crippen LogP contribution is -2.27. The fourth-order valence-corrected chi connectivity index (χ4v) is 3.76. The molecular formula is C32H34Cl2N4O6. The molecule has 0 unspecified atom stereocenters.